The number of ether oxygens (including phenoxy) is 1. The van der Waals surface area contributed by atoms with Crippen LogP contribution in [0.4, 0.5) is 0 Å². The first-order valence-electron chi connectivity index (χ1n) is 8.43. The Bertz CT molecular complexity index is 606. The molecule has 2 saturated heterocycles. The van der Waals surface area contributed by atoms with E-state index in [1.165, 1.54) is 5.56 Å². The van der Waals surface area contributed by atoms with Crippen LogP contribution in [0.15, 0.2) is 30.3 Å². The van der Waals surface area contributed by atoms with Crippen LogP contribution in [-0.2, 0) is 21.3 Å². The minimum Gasteiger partial charge on any atom is -0.377 e. The van der Waals surface area contributed by atoms with Gasteiger partial charge in [0.2, 0.25) is 10.0 Å². The maximum absolute atomic E-state index is 12.6. The molecule has 0 saturated carbocycles. The SMILES string of the molecule is C[C@@H]1OCC[C@@H]1S(=O)(=O)N[C@@H]1CCCN(Cc2ccccc2)C1. The molecule has 6 heteroatoms. The predicted molar refractivity (Wildman–Crippen MR) is 90.6 cm³/mol. The number of hydrogen-bond acceptors (Lipinski definition) is 4. The van der Waals surface area contributed by atoms with E-state index in [1.54, 1.807) is 0 Å². The Morgan fingerprint density at radius 2 is 2.04 bits per heavy atom. The summed E-state index contributed by atoms with van der Waals surface area (Å²) in [5.41, 5.74) is 1.27. The molecule has 0 radical (unpaired) electrons. The van der Waals surface area contributed by atoms with Gasteiger partial charge in [-0.1, -0.05) is 30.3 Å². The van der Waals surface area contributed by atoms with Crippen molar-refractivity contribution in [3.05, 3.63) is 35.9 Å². The van der Waals surface area contributed by atoms with E-state index in [-0.39, 0.29) is 12.1 Å². The monoisotopic (exact) mass is 338 g/mol. The fourth-order valence-corrected chi connectivity index (χ4v) is 5.40. The molecular formula is C17H26N2O3S. The summed E-state index contributed by atoms with van der Waals surface area (Å²) in [6, 6.07) is 10.3. The van der Waals surface area contributed by atoms with Gasteiger partial charge < -0.3 is 4.74 Å². The van der Waals surface area contributed by atoms with E-state index in [2.05, 4.69) is 21.8 Å². The van der Waals surface area contributed by atoms with Gasteiger partial charge in [-0.15, -0.1) is 0 Å². The third-order valence-electron chi connectivity index (χ3n) is 4.79. The molecule has 1 aromatic rings. The van der Waals surface area contributed by atoms with Crippen LogP contribution in [0.2, 0.25) is 0 Å². The molecule has 5 nitrogen and oxygen atoms in total. The van der Waals surface area contributed by atoms with Crippen molar-refractivity contribution in [1.82, 2.24) is 9.62 Å². The largest absolute Gasteiger partial charge is 0.377 e. The van der Waals surface area contributed by atoms with Gasteiger partial charge in [0.05, 0.1) is 6.10 Å². The van der Waals surface area contributed by atoms with Crippen molar-refractivity contribution in [3.63, 3.8) is 0 Å². The highest BCUT2D eigenvalue weighted by Crippen LogP contribution is 2.22. The summed E-state index contributed by atoms with van der Waals surface area (Å²) in [4.78, 5) is 2.33. The highest BCUT2D eigenvalue weighted by atomic mass is 32.2. The van der Waals surface area contributed by atoms with Crippen LogP contribution in [0.1, 0.15) is 31.7 Å². The first-order chi connectivity index (χ1) is 11.0. The lowest BCUT2D eigenvalue weighted by Gasteiger charge is -2.33. The highest BCUT2D eigenvalue weighted by molar-refractivity contribution is 7.90. The number of nitrogens with one attached hydrogen (secondary N) is 1. The first-order valence-corrected chi connectivity index (χ1v) is 9.98. The Labute approximate surface area is 139 Å². The Morgan fingerprint density at radius 1 is 1.26 bits per heavy atom. The quantitative estimate of drug-likeness (QED) is 0.889. The molecule has 2 fully saturated rings. The van der Waals surface area contributed by atoms with Crippen LogP contribution in [0, 0.1) is 0 Å². The minimum absolute atomic E-state index is 0.00487. The molecule has 23 heavy (non-hydrogen) atoms. The molecule has 0 unspecified atom stereocenters. The van der Waals surface area contributed by atoms with Crippen molar-refractivity contribution in [2.45, 2.75) is 50.1 Å². The van der Waals surface area contributed by atoms with E-state index in [1.807, 2.05) is 25.1 Å². The zero-order valence-electron chi connectivity index (χ0n) is 13.6. The van der Waals surface area contributed by atoms with Gasteiger partial charge >= 0.3 is 0 Å². The summed E-state index contributed by atoms with van der Waals surface area (Å²) in [6.45, 7) is 5.06. The van der Waals surface area contributed by atoms with Crippen LogP contribution in [0.3, 0.4) is 0 Å². The van der Waals surface area contributed by atoms with Crippen molar-refractivity contribution >= 4 is 10.0 Å². The number of benzene rings is 1. The summed E-state index contributed by atoms with van der Waals surface area (Å²) in [5.74, 6) is 0. The minimum atomic E-state index is -3.31. The Morgan fingerprint density at radius 3 is 2.74 bits per heavy atom. The molecule has 2 aliphatic rings. The standard InChI is InChI=1S/C17H26N2O3S/c1-14-17(9-11-22-14)23(20,21)18-16-8-5-10-19(13-16)12-15-6-3-2-4-7-15/h2-4,6-7,14,16-18H,5,8-13H2,1H3/t14-,16+,17-/m0/s1. The van der Waals surface area contributed by atoms with Crippen LogP contribution < -0.4 is 4.72 Å². The third-order valence-corrected chi connectivity index (χ3v) is 6.87. The Kier molecular flexibility index (Phi) is 5.36. The van der Waals surface area contributed by atoms with Crippen molar-refractivity contribution < 1.29 is 13.2 Å². The van der Waals surface area contributed by atoms with Gasteiger partial charge in [0, 0.05) is 25.7 Å². The van der Waals surface area contributed by atoms with Gasteiger partial charge in [-0.2, -0.15) is 0 Å². The summed E-state index contributed by atoms with van der Waals surface area (Å²) in [6.07, 6.45) is 2.32. The van der Waals surface area contributed by atoms with E-state index in [0.29, 0.717) is 13.0 Å². The molecule has 3 rings (SSSR count). The fourth-order valence-electron chi connectivity index (χ4n) is 3.58. The maximum atomic E-state index is 12.6. The maximum Gasteiger partial charge on any atom is 0.217 e. The number of hydrogen-bond donors (Lipinski definition) is 1. The van der Waals surface area contributed by atoms with Crippen LogP contribution in [0.25, 0.3) is 0 Å². The van der Waals surface area contributed by atoms with Crippen LogP contribution in [0.5, 0.6) is 0 Å². The molecule has 1 N–H and O–H groups in total. The zero-order valence-corrected chi connectivity index (χ0v) is 14.5. The number of rotatable bonds is 5. The predicted octanol–water partition coefficient (Wildman–Crippen LogP) is 1.75. The van der Waals surface area contributed by atoms with E-state index < -0.39 is 15.3 Å². The van der Waals surface area contributed by atoms with Crippen molar-refractivity contribution in [2.75, 3.05) is 19.7 Å². The second-order valence-electron chi connectivity index (χ2n) is 6.63. The van der Waals surface area contributed by atoms with Gasteiger partial charge in [-0.25, -0.2) is 13.1 Å². The second-order valence-corrected chi connectivity index (χ2v) is 8.56. The summed E-state index contributed by atoms with van der Waals surface area (Å²) >= 11 is 0. The second kappa shape index (κ2) is 7.30. The number of piperidine rings is 1. The molecule has 0 amide bonds. The number of nitrogens with zero attached hydrogens (tertiary/aromatic N) is 1. The van der Waals surface area contributed by atoms with Crippen LogP contribution >= 0.6 is 0 Å². The van der Waals surface area contributed by atoms with E-state index in [0.717, 1.165) is 32.5 Å². The lowest BCUT2D eigenvalue weighted by atomic mass is 10.1. The molecule has 0 spiro atoms. The van der Waals surface area contributed by atoms with Gasteiger partial charge in [-0.05, 0) is 38.3 Å². The van der Waals surface area contributed by atoms with E-state index >= 15 is 0 Å². The van der Waals surface area contributed by atoms with Crippen molar-refractivity contribution in [2.24, 2.45) is 0 Å². The highest BCUT2D eigenvalue weighted by Gasteiger charge is 2.37. The topological polar surface area (TPSA) is 58.6 Å². The average Bonchev–Trinajstić information content (AvgIpc) is 2.95. The van der Waals surface area contributed by atoms with E-state index in [9.17, 15) is 8.42 Å². The summed E-state index contributed by atoms with van der Waals surface area (Å²) in [5, 5.41) is -0.410. The van der Waals surface area contributed by atoms with Gasteiger partial charge in [-0.3, -0.25) is 4.90 Å². The zero-order chi connectivity index (χ0) is 16.3. The number of sulfonamides is 1. The lowest BCUT2D eigenvalue weighted by Crippen LogP contribution is -2.50. The third kappa shape index (κ3) is 4.32. The number of likely N-dealkylation sites (tertiary alicyclic amines) is 1. The molecule has 0 aromatic heterocycles. The van der Waals surface area contributed by atoms with Crippen molar-refractivity contribution in [1.29, 1.82) is 0 Å². The Balaban J connectivity index is 1.58. The lowest BCUT2D eigenvalue weighted by molar-refractivity contribution is 0.126. The average molecular weight is 338 g/mol. The molecular weight excluding hydrogens is 312 g/mol. The normalized spacial score (nSPS) is 29.7. The van der Waals surface area contributed by atoms with Gasteiger partial charge in [0.1, 0.15) is 5.25 Å². The summed E-state index contributed by atoms with van der Waals surface area (Å²) in [7, 11) is -3.31. The molecule has 3 atom stereocenters. The molecule has 128 valence electrons. The Hall–Kier alpha value is -0.950. The molecule has 1 aromatic carbocycles. The molecule has 0 bridgehead atoms. The van der Waals surface area contributed by atoms with Crippen LogP contribution in [-0.4, -0.2) is 50.4 Å². The fraction of sp³-hybridized carbons (Fsp3) is 0.647. The van der Waals surface area contributed by atoms with Gasteiger partial charge in [0.15, 0.2) is 0 Å². The van der Waals surface area contributed by atoms with E-state index in [4.69, 9.17) is 4.74 Å². The first kappa shape index (κ1) is 16.9. The van der Waals surface area contributed by atoms with Gasteiger partial charge in [0.25, 0.3) is 0 Å². The summed E-state index contributed by atoms with van der Waals surface area (Å²) < 4.78 is 33.5. The van der Waals surface area contributed by atoms with Crippen molar-refractivity contribution in [3.8, 4) is 0 Å². The molecule has 0 aliphatic carbocycles. The smallest absolute Gasteiger partial charge is 0.217 e. The molecule has 2 heterocycles. The molecule has 2 aliphatic heterocycles.